The van der Waals surface area contributed by atoms with E-state index in [0.717, 1.165) is 6.07 Å². The van der Waals surface area contributed by atoms with E-state index in [0.29, 0.717) is 12.0 Å². The van der Waals surface area contributed by atoms with Gasteiger partial charge in [0.05, 0.1) is 17.0 Å². The molecule has 0 fully saturated rings. The maximum Gasteiger partial charge on any atom is 0.338 e. The molecular weight excluding hydrogens is 261 g/mol. The van der Waals surface area contributed by atoms with Crippen LogP contribution < -0.4 is 4.72 Å². The van der Waals surface area contributed by atoms with E-state index in [1.165, 1.54) is 13.0 Å². The monoisotopic (exact) mass is 275 g/mol. The molecule has 0 bridgehead atoms. The van der Waals surface area contributed by atoms with Gasteiger partial charge in [0.15, 0.2) is 5.82 Å². The Balaban J connectivity index is 3.24. The molecule has 0 aliphatic heterocycles. The van der Waals surface area contributed by atoms with Crippen LogP contribution in [0.3, 0.4) is 0 Å². The summed E-state index contributed by atoms with van der Waals surface area (Å²) in [6.45, 7) is 3.18. The molecule has 100 valence electrons. The van der Waals surface area contributed by atoms with Crippen molar-refractivity contribution in [2.75, 3.05) is 10.5 Å². The molecule has 7 heteroatoms. The minimum Gasteiger partial charge on any atom is -0.478 e. The molecule has 2 N–H and O–H groups in total. The highest BCUT2D eigenvalue weighted by Crippen LogP contribution is 2.24. The fourth-order valence-corrected chi connectivity index (χ4v) is 2.64. The van der Waals surface area contributed by atoms with E-state index in [1.807, 2.05) is 0 Å². The number of carbonyl (C=O) groups is 1. The predicted octanol–water partition coefficient (Wildman–Crippen LogP) is 1.98. The second-order valence-electron chi connectivity index (χ2n) is 3.85. The molecule has 0 saturated carbocycles. The SMILES string of the molecule is CCCS(=O)(=O)Nc1c(C)ccc(C(=O)O)c1F. The molecule has 1 aromatic carbocycles. The van der Waals surface area contributed by atoms with E-state index in [2.05, 4.69) is 4.72 Å². The van der Waals surface area contributed by atoms with Crippen molar-refractivity contribution in [3.05, 3.63) is 29.1 Å². The van der Waals surface area contributed by atoms with Crippen molar-refractivity contribution in [1.82, 2.24) is 0 Å². The van der Waals surface area contributed by atoms with Gasteiger partial charge in [0.1, 0.15) is 0 Å². The number of benzene rings is 1. The first kappa shape index (κ1) is 14.4. The molecule has 5 nitrogen and oxygen atoms in total. The zero-order chi connectivity index (χ0) is 13.9. The highest BCUT2D eigenvalue weighted by Gasteiger charge is 2.19. The summed E-state index contributed by atoms with van der Waals surface area (Å²) in [5, 5.41) is 8.77. The van der Waals surface area contributed by atoms with E-state index in [1.54, 1.807) is 6.92 Å². The van der Waals surface area contributed by atoms with Gasteiger partial charge in [-0.3, -0.25) is 4.72 Å². The summed E-state index contributed by atoms with van der Waals surface area (Å²) >= 11 is 0. The number of carboxylic acids is 1. The summed E-state index contributed by atoms with van der Waals surface area (Å²) in [4.78, 5) is 10.8. The maximum absolute atomic E-state index is 13.8. The Morgan fingerprint density at radius 3 is 2.56 bits per heavy atom. The molecule has 0 heterocycles. The average Bonchev–Trinajstić information content (AvgIpc) is 2.23. The van der Waals surface area contributed by atoms with Crippen LogP contribution in [0.4, 0.5) is 10.1 Å². The molecule has 0 spiro atoms. The normalized spacial score (nSPS) is 11.3. The molecule has 0 saturated heterocycles. The predicted molar refractivity (Wildman–Crippen MR) is 65.8 cm³/mol. The van der Waals surface area contributed by atoms with Crippen LogP contribution in [-0.4, -0.2) is 25.2 Å². The number of sulfonamides is 1. The number of anilines is 1. The number of halogens is 1. The summed E-state index contributed by atoms with van der Waals surface area (Å²) < 4.78 is 39.1. The molecule has 18 heavy (non-hydrogen) atoms. The van der Waals surface area contributed by atoms with Gasteiger partial charge in [-0.25, -0.2) is 17.6 Å². The number of aromatic carboxylic acids is 1. The van der Waals surface area contributed by atoms with Crippen LogP contribution in [0.15, 0.2) is 12.1 Å². The Labute approximate surface area is 105 Å². The molecule has 0 atom stereocenters. The summed E-state index contributed by atoms with van der Waals surface area (Å²) in [7, 11) is -3.66. The first-order valence-corrected chi connectivity index (χ1v) is 6.96. The van der Waals surface area contributed by atoms with E-state index < -0.39 is 27.4 Å². The number of nitrogens with one attached hydrogen (secondary N) is 1. The summed E-state index contributed by atoms with van der Waals surface area (Å²) in [5.74, 6) is -2.66. The van der Waals surface area contributed by atoms with Gasteiger partial charge in [0.25, 0.3) is 0 Å². The van der Waals surface area contributed by atoms with Crippen molar-refractivity contribution in [2.45, 2.75) is 20.3 Å². The number of carboxylic acid groups (broad SMARTS) is 1. The van der Waals surface area contributed by atoms with E-state index in [9.17, 15) is 17.6 Å². The molecular formula is C11H14FNO4S. The molecule has 0 aliphatic carbocycles. The quantitative estimate of drug-likeness (QED) is 0.860. The van der Waals surface area contributed by atoms with Crippen LogP contribution >= 0.6 is 0 Å². The molecule has 0 unspecified atom stereocenters. The first-order valence-electron chi connectivity index (χ1n) is 5.31. The van der Waals surface area contributed by atoms with E-state index >= 15 is 0 Å². The lowest BCUT2D eigenvalue weighted by Crippen LogP contribution is -2.18. The molecule has 1 rings (SSSR count). The van der Waals surface area contributed by atoms with Crippen LogP contribution in [0, 0.1) is 12.7 Å². The standard InChI is InChI=1S/C11H14FNO4S/c1-3-6-18(16,17)13-10-7(2)4-5-8(9(10)12)11(14)15/h4-5,13H,3,6H2,1-2H3,(H,14,15). The van der Waals surface area contributed by atoms with Gasteiger partial charge in [-0.05, 0) is 25.0 Å². The lowest BCUT2D eigenvalue weighted by molar-refractivity contribution is 0.0692. The fourth-order valence-electron chi connectivity index (χ4n) is 1.44. The smallest absolute Gasteiger partial charge is 0.338 e. The van der Waals surface area contributed by atoms with Gasteiger partial charge in [0, 0.05) is 0 Å². The summed E-state index contributed by atoms with van der Waals surface area (Å²) in [6, 6.07) is 2.46. The van der Waals surface area contributed by atoms with Crippen molar-refractivity contribution in [2.24, 2.45) is 0 Å². The van der Waals surface area contributed by atoms with Crippen molar-refractivity contribution in [1.29, 1.82) is 0 Å². The molecule has 0 aromatic heterocycles. The molecule has 0 radical (unpaired) electrons. The van der Waals surface area contributed by atoms with E-state index in [-0.39, 0.29) is 11.4 Å². The van der Waals surface area contributed by atoms with Gasteiger partial charge < -0.3 is 5.11 Å². The summed E-state index contributed by atoms with van der Waals surface area (Å²) in [5.41, 5.74) is -0.532. The third-order valence-electron chi connectivity index (χ3n) is 2.31. The minimum absolute atomic E-state index is 0.150. The van der Waals surface area contributed by atoms with Crippen LogP contribution in [0.2, 0.25) is 0 Å². The summed E-state index contributed by atoms with van der Waals surface area (Å²) in [6.07, 6.45) is 0.384. The third kappa shape index (κ3) is 3.19. The Morgan fingerprint density at radius 1 is 1.44 bits per heavy atom. The lowest BCUT2D eigenvalue weighted by Gasteiger charge is -2.12. The highest BCUT2D eigenvalue weighted by atomic mass is 32.2. The fraction of sp³-hybridized carbons (Fsp3) is 0.364. The van der Waals surface area contributed by atoms with Gasteiger partial charge >= 0.3 is 5.97 Å². The first-order chi connectivity index (χ1) is 8.28. The van der Waals surface area contributed by atoms with E-state index in [4.69, 9.17) is 5.11 Å². The van der Waals surface area contributed by atoms with Crippen molar-refractivity contribution < 1.29 is 22.7 Å². The second-order valence-corrected chi connectivity index (χ2v) is 5.69. The number of hydrogen-bond donors (Lipinski definition) is 2. The van der Waals surface area contributed by atoms with Crippen LogP contribution in [0.25, 0.3) is 0 Å². The largest absolute Gasteiger partial charge is 0.478 e. The topological polar surface area (TPSA) is 83.5 Å². The van der Waals surface area contributed by atoms with Gasteiger partial charge in [-0.2, -0.15) is 0 Å². The zero-order valence-corrected chi connectivity index (χ0v) is 10.8. The van der Waals surface area contributed by atoms with Crippen LogP contribution in [-0.2, 0) is 10.0 Å². The van der Waals surface area contributed by atoms with Crippen molar-refractivity contribution in [3.63, 3.8) is 0 Å². The lowest BCUT2D eigenvalue weighted by atomic mass is 10.1. The Bertz CT molecular complexity index is 569. The molecule has 0 amide bonds. The maximum atomic E-state index is 13.8. The Kier molecular flexibility index (Phi) is 4.28. The zero-order valence-electron chi connectivity index (χ0n) is 10.0. The average molecular weight is 275 g/mol. The van der Waals surface area contributed by atoms with Crippen molar-refractivity contribution >= 4 is 21.7 Å². The molecule has 0 aliphatic rings. The highest BCUT2D eigenvalue weighted by molar-refractivity contribution is 7.92. The minimum atomic E-state index is -3.66. The number of aryl methyl sites for hydroxylation is 1. The van der Waals surface area contributed by atoms with Gasteiger partial charge in [-0.15, -0.1) is 0 Å². The number of hydrogen-bond acceptors (Lipinski definition) is 3. The van der Waals surface area contributed by atoms with Gasteiger partial charge in [0.2, 0.25) is 10.0 Å². The Morgan fingerprint density at radius 2 is 2.06 bits per heavy atom. The van der Waals surface area contributed by atoms with Crippen LogP contribution in [0.5, 0.6) is 0 Å². The van der Waals surface area contributed by atoms with Crippen LogP contribution in [0.1, 0.15) is 29.3 Å². The Hall–Kier alpha value is -1.63. The van der Waals surface area contributed by atoms with Gasteiger partial charge in [-0.1, -0.05) is 13.0 Å². The van der Waals surface area contributed by atoms with Crippen molar-refractivity contribution in [3.8, 4) is 0 Å². The third-order valence-corrected chi connectivity index (χ3v) is 3.77. The second kappa shape index (κ2) is 5.34. The molecule has 1 aromatic rings. The number of rotatable bonds is 5.